The fourth-order valence-electron chi connectivity index (χ4n) is 1.82. The first-order valence-corrected chi connectivity index (χ1v) is 7.95. The van der Waals surface area contributed by atoms with Crippen LogP contribution in [0.15, 0.2) is 23.6 Å². The number of hydrogen-bond donors (Lipinski definition) is 2. The first kappa shape index (κ1) is 17.8. The van der Waals surface area contributed by atoms with E-state index in [2.05, 4.69) is 15.6 Å². The first-order chi connectivity index (χ1) is 11.5. The molecule has 0 unspecified atom stereocenters. The molecule has 0 saturated carbocycles. The Balaban J connectivity index is 1.87. The van der Waals surface area contributed by atoms with Crippen LogP contribution in [0.2, 0.25) is 0 Å². The predicted octanol–water partition coefficient (Wildman–Crippen LogP) is 2.85. The van der Waals surface area contributed by atoms with Gasteiger partial charge in [0.05, 0.1) is 18.7 Å². The third-order valence-electron chi connectivity index (χ3n) is 2.90. The van der Waals surface area contributed by atoms with E-state index in [9.17, 15) is 18.4 Å². The van der Waals surface area contributed by atoms with Gasteiger partial charge < -0.3 is 10.1 Å². The quantitative estimate of drug-likeness (QED) is 0.835. The zero-order valence-electron chi connectivity index (χ0n) is 12.8. The number of nitrogens with one attached hydrogen (secondary N) is 2. The van der Waals surface area contributed by atoms with Crippen molar-refractivity contribution in [2.75, 3.05) is 11.9 Å². The van der Waals surface area contributed by atoms with E-state index in [0.717, 1.165) is 23.5 Å². The van der Waals surface area contributed by atoms with Crippen LogP contribution in [0.1, 0.15) is 18.2 Å². The van der Waals surface area contributed by atoms with Crippen molar-refractivity contribution in [3.63, 3.8) is 0 Å². The van der Waals surface area contributed by atoms with Gasteiger partial charge in [-0.2, -0.15) is 0 Å². The average Bonchev–Trinajstić information content (AvgIpc) is 2.93. The Morgan fingerprint density at radius 3 is 2.67 bits per heavy atom. The fourth-order valence-corrected chi connectivity index (χ4v) is 2.51. The number of halogens is 2. The summed E-state index contributed by atoms with van der Waals surface area (Å²) in [5, 5.41) is 6.76. The van der Waals surface area contributed by atoms with Gasteiger partial charge in [0.2, 0.25) is 5.91 Å². The molecule has 0 atom stereocenters. The van der Waals surface area contributed by atoms with Gasteiger partial charge in [-0.05, 0) is 19.1 Å². The van der Waals surface area contributed by atoms with Crippen molar-refractivity contribution in [3.05, 3.63) is 46.5 Å². The molecule has 1 aromatic heterocycles. The molecule has 2 rings (SSSR count). The number of ether oxygens (including phenoxy) is 1. The van der Waals surface area contributed by atoms with Gasteiger partial charge in [-0.1, -0.05) is 6.07 Å². The summed E-state index contributed by atoms with van der Waals surface area (Å²) in [6.45, 7) is 1.66. The lowest BCUT2D eigenvalue weighted by Crippen LogP contribution is -2.25. The lowest BCUT2D eigenvalue weighted by Gasteiger charge is -2.06. The largest absolute Gasteiger partial charge is 0.450 e. The van der Waals surface area contributed by atoms with E-state index in [1.54, 1.807) is 12.3 Å². The lowest BCUT2D eigenvalue weighted by molar-refractivity contribution is -0.120. The van der Waals surface area contributed by atoms with E-state index in [0.29, 0.717) is 10.8 Å². The molecule has 24 heavy (non-hydrogen) atoms. The number of anilines is 1. The molecule has 0 aliphatic rings. The molecule has 0 spiro atoms. The number of benzene rings is 1. The molecular formula is C15H15F2N3O3S. The molecule has 2 aromatic rings. The molecule has 9 heteroatoms. The number of rotatable bonds is 6. The highest BCUT2D eigenvalue weighted by molar-refractivity contribution is 7.13. The second kappa shape index (κ2) is 8.34. The van der Waals surface area contributed by atoms with E-state index in [4.69, 9.17) is 4.74 Å². The van der Waals surface area contributed by atoms with Crippen LogP contribution in [-0.4, -0.2) is 23.6 Å². The van der Waals surface area contributed by atoms with E-state index in [-0.39, 0.29) is 25.1 Å². The predicted molar refractivity (Wildman–Crippen MR) is 84.7 cm³/mol. The molecule has 1 heterocycles. The Morgan fingerprint density at radius 2 is 2.00 bits per heavy atom. The van der Waals surface area contributed by atoms with E-state index in [1.165, 1.54) is 6.07 Å². The summed E-state index contributed by atoms with van der Waals surface area (Å²) in [4.78, 5) is 27.1. The molecule has 2 amide bonds. The standard InChI is InChI=1S/C15H15F2N3O3S/c1-2-23-15(22)20-14-19-9(8-24-14)6-13(21)18-7-10-11(16)4-3-5-12(10)17/h3-5,8H,2,6-7H2,1H3,(H,18,21)(H,19,20,22). The van der Waals surface area contributed by atoms with E-state index in [1.807, 2.05) is 0 Å². The second-order valence-corrected chi connectivity index (χ2v) is 5.50. The number of thiazole rings is 1. The smallest absolute Gasteiger partial charge is 0.413 e. The van der Waals surface area contributed by atoms with Gasteiger partial charge in [0, 0.05) is 17.5 Å². The minimum Gasteiger partial charge on any atom is -0.450 e. The van der Waals surface area contributed by atoms with Crippen LogP contribution in [0.4, 0.5) is 18.7 Å². The van der Waals surface area contributed by atoms with Gasteiger partial charge in [0.1, 0.15) is 11.6 Å². The van der Waals surface area contributed by atoms with E-state index < -0.39 is 23.6 Å². The Hall–Kier alpha value is -2.55. The van der Waals surface area contributed by atoms with Crippen LogP contribution < -0.4 is 10.6 Å². The summed E-state index contributed by atoms with van der Waals surface area (Å²) in [6.07, 6.45) is -0.699. The SMILES string of the molecule is CCOC(=O)Nc1nc(CC(=O)NCc2c(F)cccc2F)cs1. The molecule has 128 valence electrons. The average molecular weight is 355 g/mol. The van der Waals surface area contributed by atoms with Crippen LogP contribution >= 0.6 is 11.3 Å². The highest BCUT2D eigenvalue weighted by atomic mass is 32.1. The highest BCUT2D eigenvalue weighted by Gasteiger charge is 2.12. The van der Waals surface area contributed by atoms with Crippen LogP contribution in [0.5, 0.6) is 0 Å². The number of carbonyl (C=O) groups excluding carboxylic acids is 2. The Labute approximate surface area is 140 Å². The van der Waals surface area contributed by atoms with Crippen molar-refractivity contribution in [3.8, 4) is 0 Å². The summed E-state index contributed by atoms with van der Waals surface area (Å²) in [7, 11) is 0. The zero-order chi connectivity index (χ0) is 17.5. The monoisotopic (exact) mass is 355 g/mol. The molecule has 0 fully saturated rings. The Bertz CT molecular complexity index is 716. The first-order valence-electron chi connectivity index (χ1n) is 7.07. The summed E-state index contributed by atoms with van der Waals surface area (Å²) >= 11 is 1.14. The summed E-state index contributed by atoms with van der Waals surface area (Å²) < 4.78 is 31.6. The van der Waals surface area contributed by atoms with Gasteiger partial charge >= 0.3 is 6.09 Å². The van der Waals surface area contributed by atoms with Gasteiger partial charge in [-0.3, -0.25) is 10.1 Å². The zero-order valence-corrected chi connectivity index (χ0v) is 13.6. The minimum absolute atomic E-state index is 0.0723. The maximum Gasteiger partial charge on any atom is 0.413 e. The number of aromatic nitrogens is 1. The molecule has 0 bridgehead atoms. The number of amides is 2. The minimum atomic E-state index is -0.718. The van der Waals surface area contributed by atoms with Crippen LogP contribution in [0.25, 0.3) is 0 Å². The van der Waals surface area contributed by atoms with Gasteiger partial charge in [-0.25, -0.2) is 18.6 Å². The van der Waals surface area contributed by atoms with Gasteiger partial charge in [-0.15, -0.1) is 11.3 Å². The highest BCUT2D eigenvalue weighted by Crippen LogP contribution is 2.16. The fraction of sp³-hybridized carbons (Fsp3) is 0.267. The number of carbonyl (C=O) groups is 2. The molecule has 2 N–H and O–H groups in total. The van der Waals surface area contributed by atoms with Crippen molar-refractivity contribution in [2.45, 2.75) is 19.9 Å². The maximum atomic E-state index is 13.5. The summed E-state index contributed by atoms with van der Waals surface area (Å²) in [6, 6.07) is 3.50. The van der Waals surface area contributed by atoms with Crippen molar-refractivity contribution < 1.29 is 23.1 Å². The third-order valence-corrected chi connectivity index (χ3v) is 3.71. The van der Waals surface area contributed by atoms with E-state index >= 15 is 0 Å². The van der Waals surface area contributed by atoms with Crippen molar-refractivity contribution in [2.24, 2.45) is 0 Å². The Morgan fingerprint density at radius 1 is 1.29 bits per heavy atom. The normalized spacial score (nSPS) is 10.3. The van der Waals surface area contributed by atoms with Crippen LogP contribution in [0, 0.1) is 11.6 Å². The molecule has 6 nitrogen and oxygen atoms in total. The van der Waals surface area contributed by atoms with Crippen molar-refractivity contribution in [1.82, 2.24) is 10.3 Å². The van der Waals surface area contributed by atoms with Crippen LogP contribution in [-0.2, 0) is 22.5 Å². The number of nitrogens with zero attached hydrogens (tertiary/aromatic N) is 1. The number of hydrogen-bond acceptors (Lipinski definition) is 5. The molecule has 0 saturated heterocycles. The lowest BCUT2D eigenvalue weighted by atomic mass is 10.2. The second-order valence-electron chi connectivity index (χ2n) is 4.64. The maximum absolute atomic E-state index is 13.5. The topological polar surface area (TPSA) is 80.3 Å². The van der Waals surface area contributed by atoms with Crippen LogP contribution in [0.3, 0.4) is 0 Å². The molecule has 0 aliphatic carbocycles. The molecule has 1 aromatic carbocycles. The van der Waals surface area contributed by atoms with Crippen molar-refractivity contribution in [1.29, 1.82) is 0 Å². The summed E-state index contributed by atoms with van der Waals surface area (Å²) in [5.41, 5.74) is 0.229. The Kier molecular flexibility index (Phi) is 6.19. The van der Waals surface area contributed by atoms with Gasteiger partial charge in [0.15, 0.2) is 5.13 Å². The molecule has 0 aliphatic heterocycles. The summed E-state index contributed by atoms with van der Waals surface area (Å²) in [5.74, 6) is -1.87. The van der Waals surface area contributed by atoms with Crippen molar-refractivity contribution >= 4 is 28.5 Å². The molecular weight excluding hydrogens is 340 g/mol. The third kappa shape index (κ3) is 4.98. The van der Waals surface area contributed by atoms with Gasteiger partial charge in [0.25, 0.3) is 0 Å². The molecule has 0 radical (unpaired) electrons.